The molecule has 0 spiro atoms. The van der Waals surface area contributed by atoms with Crippen LogP contribution < -0.4 is 5.32 Å². The Hall–Kier alpha value is -0.940. The van der Waals surface area contributed by atoms with Gasteiger partial charge in [0.25, 0.3) is 0 Å². The minimum atomic E-state index is 0.800. The minimum Gasteiger partial charge on any atom is -0.379 e. The fourth-order valence-corrected chi connectivity index (χ4v) is 2.16. The number of hydrogen-bond acceptors (Lipinski definition) is 4. The Morgan fingerprint density at radius 2 is 2.33 bits per heavy atom. The molecule has 1 N–H and O–H groups in total. The van der Waals surface area contributed by atoms with Crippen molar-refractivity contribution in [3.8, 4) is 0 Å². The first-order chi connectivity index (χ1) is 7.25. The fourth-order valence-electron chi connectivity index (χ4n) is 1.23. The van der Waals surface area contributed by atoms with Crippen LogP contribution in [0, 0.1) is 6.92 Å². The van der Waals surface area contributed by atoms with E-state index >= 15 is 0 Å². The van der Waals surface area contributed by atoms with Crippen LogP contribution in [0.25, 0.3) is 0 Å². The van der Waals surface area contributed by atoms with Crippen molar-refractivity contribution in [2.75, 3.05) is 5.32 Å². The first-order valence-electron chi connectivity index (χ1n) is 4.50. The Morgan fingerprint density at radius 3 is 3.00 bits per heavy atom. The highest BCUT2D eigenvalue weighted by molar-refractivity contribution is 9.10. The van der Waals surface area contributed by atoms with Crippen LogP contribution in [0.4, 0.5) is 5.69 Å². The third-order valence-corrected chi connectivity index (χ3v) is 3.21. The van der Waals surface area contributed by atoms with Gasteiger partial charge in [0.1, 0.15) is 4.60 Å². The third kappa shape index (κ3) is 2.76. The number of nitrogens with zero attached hydrogens (tertiary/aromatic N) is 2. The van der Waals surface area contributed by atoms with Crippen molar-refractivity contribution in [2.45, 2.75) is 13.5 Å². The lowest BCUT2D eigenvalue weighted by atomic mass is 10.3. The minimum absolute atomic E-state index is 0.800. The van der Waals surface area contributed by atoms with Gasteiger partial charge in [-0.1, -0.05) is 0 Å². The number of rotatable bonds is 3. The molecule has 0 aromatic carbocycles. The number of aryl methyl sites for hydroxylation is 1. The Kier molecular flexibility index (Phi) is 3.33. The first-order valence-corrected chi connectivity index (χ1v) is 6.17. The van der Waals surface area contributed by atoms with Gasteiger partial charge < -0.3 is 5.32 Å². The Balaban J connectivity index is 2.05. The normalized spacial score (nSPS) is 10.3. The summed E-state index contributed by atoms with van der Waals surface area (Å²) in [6.07, 6.45) is 1.87. The van der Waals surface area contributed by atoms with Gasteiger partial charge >= 0.3 is 0 Å². The number of halogens is 1. The van der Waals surface area contributed by atoms with Crippen molar-refractivity contribution in [3.05, 3.63) is 39.0 Å². The van der Waals surface area contributed by atoms with Crippen LogP contribution in [0.1, 0.15) is 10.6 Å². The Labute approximate surface area is 101 Å². The van der Waals surface area contributed by atoms with Gasteiger partial charge in [-0.05, 0) is 35.0 Å². The maximum Gasteiger partial charge on any atom is 0.106 e. The average Bonchev–Trinajstić information content (AvgIpc) is 2.69. The number of hydrogen-bond donors (Lipinski definition) is 1. The molecular formula is C10H10BrN3S. The molecule has 0 aliphatic heterocycles. The van der Waals surface area contributed by atoms with Gasteiger partial charge in [0.2, 0.25) is 0 Å². The molecule has 2 aromatic heterocycles. The monoisotopic (exact) mass is 283 g/mol. The number of nitrogens with one attached hydrogen (secondary N) is 1. The molecule has 78 valence electrons. The van der Waals surface area contributed by atoms with Crippen molar-refractivity contribution in [1.29, 1.82) is 0 Å². The van der Waals surface area contributed by atoms with Crippen LogP contribution in [0.5, 0.6) is 0 Å². The molecule has 0 amide bonds. The molecule has 0 radical (unpaired) electrons. The molecule has 2 heterocycles. The van der Waals surface area contributed by atoms with E-state index in [4.69, 9.17) is 0 Å². The van der Waals surface area contributed by atoms with Crippen LogP contribution in [-0.4, -0.2) is 9.97 Å². The molecule has 0 saturated carbocycles. The molecule has 0 bridgehead atoms. The molecule has 3 nitrogen and oxygen atoms in total. The van der Waals surface area contributed by atoms with Crippen LogP contribution >= 0.6 is 27.3 Å². The van der Waals surface area contributed by atoms with E-state index in [1.54, 1.807) is 11.3 Å². The third-order valence-electron chi connectivity index (χ3n) is 1.99. The molecule has 0 saturated heterocycles. The summed E-state index contributed by atoms with van der Waals surface area (Å²) in [6, 6.07) is 3.95. The van der Waals surface area contributed by atoms with E-state index in [2.05, 4.69) is 31.2 Å². The van der Waals surface area contributed by atoms with E-state index in [1.165, 1.54) is 4.88 Å². The van der Waals surface area contributed by atoms with Gasteiger partial charge in [0.05, 0.1) is 23.4 Å². The summed E-state index contributed by atoms with van der Waals surface area (Å²) >= 11 is 4.99. The second-order valence-corrected chi connectivity index (χ2v) is 4.87. The number of anilines is 1. The molecule has 0 atom stereocenters. The number of aromatic nitrogens is 2. The van der Waals surface area contributed by atoms with Crippen molar-refractivity contribution in [3.63, 3.8) is 0 Å². The van der Waals surface area contributed by atoms with Crippen molar-refractivity contribution >= 4 is 33.0 Å². The second-order valence-electron chi connectivity index (χ2n) is 3.09. The summed E-state index contributed by atoms with van der Waals surface area (Å²) in [6.45, 7) is 2.79. The quantitative estimate of drug-likeness (QED) is 0.879. The standard InChI is InChI=1S/C10H10BrN3S/c1-7-9(2-3-10(11)14-7)13-5-8-4-12-6-15-8/h2-4,6,13H,5H2,1H3. The molecule has 0 aliphatic carbocycles. The largest absolute Gasteiger partial charge is 0.379 e. The van der Waals surface area contributed by atoms with Gasteiger partial charge in [-0.15, -0.1) is 11.3 Å². The number of thiazole rings is 1. The zero-order valence-electron chi connectivity index (χ0n) is 8.20. The van der Waals surface area contributed by atoms with Crippen molar-refractivity contribution in [1.82, 2.24) is 9.97 Å². The smallest absolute Gasteiger partial charge is 0.106 e. The molecule has 15 heavy (non-hydrogen) atoms. The zero-order chi connectivity index (χ0) is 10.7. The van der Waals surface area contributed by atoms with Gasteiger partial charge in [-0.3, -0.25) is 4.98 Å². The molecular weight excluding hydrogens is 274 g/mol. The zero-order valence-corrected chi connectivity index (χ0v) is 10.6. The Bertz CT molecular complexity index is 442. The summed E-state index contributed by atoms with van der Waals surface area (Å²) < 4.78 is 0.864. The molecule has 2 aromatic rings. The first kappa shape index (κ1) is 10.6. The van der Waals surface area contributed by atoms with Crippen LogP contribution in [0.2, 0.25) is 0 Å². The summed E-state index contributed by atoms with van der Waals surface area (Å²) in [5.74, 6) is 0. The van der Waals surface area contributed by atoms with Gasteiger partial charge in [0, 0.05) is 11.1 Å². The lowest BCUT2D eigenvalue weighted by Gasteiger charge is -2.07. The van der Waals surface area contributed by atoms with E-state index in [0.29, 0.717) is 0 Å². The molecule has 0 fully saturated rings. The van der Waals surface area contributed by atoms with Crippen molar-refractivity contribution in [2.24, 2.45) is 0 Å². The van der Waals surface area contributed by atoms with Crippen LogP contribution in [0.3, 0.4) is 0 Å². The fraction of sp³-hybridized carbons (Fsp3) is 0.200. The van der Waals surface area contributed by atoms with E-state index in [0.717, 1.165) is 22.5 Å². The van der Waals surface area contributed by atoms with E-state index in [9.17, 15) is 0 Å². The number of pyridine rings is 1. The predicted octanol–water partition coefficient (Wildman–Crippen LogP) is 3.22. The summed E-state index contributed by atoms with van der Waals surface area (Å²) in [4.78, 5) is 9.56. The lowest BCUT2D eigenvalue weighted by Crippen LogP contribution is -2.00. The molecule has 5 heteroatoms. The van der Waals surface area contributed by atoms with E-state index in [1.807, 2.05) is 30.8 Å². The topological polar surface area (TPSA) is 37.8 Å². The van der Waals surface area contributed by atoms with Crippen molar-refractivity contribution < 1.29 is 0 Å². The van der Waals surface area contributed by atoms with E-state index < -0.39 is 0 Å². The van der Waals surface area contributed by atoms with E-state index in [-0.39, 0.29) is 0 Å². The molecule has 0 unspecified atom stereocenters. The highest BCUT2D eigenvalue weighted by Gasteiger charge is 2.00. The highest BCUT2D eigenvalue weighted by Crippen LogP contribution is 2.17. The maximum atomic E-state index is 4.32. The van der Waals surface area contributed by atoms with Gasteiger partial charge in [-0.2, -0.15) is 0 Å². The molecule has 2 rings (SSSR count). The van der Waals surface area contributed by atoms with Crippen LogP contribution in [0.15, 0.2) is 28.4 Å². The molecule has 0 aliphatic rings. The SMILES string of the molecule is Cc1nc(Br)ccc1NCc1cncs1. The maximum absolute atomic E-state index is 4.32. The second kappa shape index (κ2) is 4.72. The lowest BCUT2D eigenvalue weighted by molar-refractivity contribution is 1.11. The Morgan fingerprint density at radius 1 is 1.47 bits per heavy atom. The predicted molar refractivity (Wildman–Crippen MR) is 66.1 cm³/mol. The summed E-state index contributed by atoms with van der Waals surface area (Å²) in [5, 5.41) is 3.33. The summed E-state index contributed by atoms with van der Waals surface area (Å²) in [5.41, 5.74) is 3.89. The van der Waals surface area contributed by atoms with Gasteiger partial charge in [0.15, 0.2) is 0 Å². The van der Waals surface area contributed by atoms with Gasteiger partial charge in [-0.25, -0.2) is 4.98 Å². The van der Waals surface area contributed by atoms with Crippen LogP contribution in [-0.2, 0) is 6.54 Å². The summed E-state index contributed by atoms with van der Waals surface area (Å²) in [7, 11) is 0. The average molecular weight is 284 g/mol. The highest BCUT2D eigenvalue weighted by atomic mass is 79.9.